The van der Waals surface area contributed by atoms with Crippen LogP contribution in [0.4, 0.5) is 0 Å². The first-order chi connectivity index (χ1) is 10.7. The molecule has 0 spiro atoms. The molecular weight excluding hydrogens is 272 g/mol. The Morgan fingerprint density at radius 2 is 2.00 bits per heavy atom. The fourth-order valence-electron chi connectivity index (χ4n) is 2.99. The summed E-state index contributed by atoms with van der Waals surface area (Å²) in [6.45, 7) is 2.96. The van der Waals surface area contributed by atoms with Crippen molar-refractivity contribution in [3.05, 3.63) is 59.2 Å². The molecule has 0 radical (unpaired) electrons. The Bertz CT molecular complexity index is 744. The van der Waals surface area contributed by atoms with Gasteiger partial charge in [0, 0.05) is 6.42 Å². The van der Waals surface area contributed by atoms with E-state index in [9.17, 15) is 10.1 Å². The minimum atomic E-state index is 0.209. The van der Waals surface area contributed by atoms with Crippen LogP contribution in [0.25, 0.3) is 11.1 Å². The van der Waals surface area contributed by atoms with Gasteiger partial charge < -0.3 is 9.69 Å². The lowest BCUT2D eigenvalue weighted by molar-refractivity contribution is -0.116. The van der Waals surface area contributed by atoms with Gasteiger partial charge in [-0.1, -0.05) is 42.5 Å². The zero-order valence-electron chi connectivity index (χ0n) is 12.7. The van der Waals surface area contributed by atoms with Crippen molar-refractivity contribution in [2.24, 2.45) is 0 Å². The lowest BCUT2D eigenvalue weighted by Crippen LogP contribution is -2.07. The van der Waals surface area contributed by atoms with Crippen molar-refractivity contribution in [2.75, 3.05) is 0 Å². The molecule has 0 bridgehead atoms. The minimum absolute atomic E-state index is 0.209. The lowest BCUT2D eigenvalue weighted by atomic mass is 9.93. The van der Waals surface area contributed by atoms with Gasteiger partial charge in [-0.15, -0.1) is 0 Å². The number of hydrogen-bond acceptors (Lipinski definition) is 3. The molecule has 3 rings (SSSR count). The van der Waals surface area contributed by atoms with Crippen LogP contribution in [0.1, 0.15) is 30.0 Å². The van der Waals surface area contributed by atoms with Crippen molar-refractivity contribution in [1.29, 1.82) is 5.26 Å². The largest absolute Gasteiger partial charge is 0.302 e. The number of nitrogens with zero attached hydrogens (tertiary/aromatic N) is 2. The number of aryl methyl sites for hydroxylation is 1. The third-order valence-corrected chi connectivity index (χ3v) is 4.10. The summed E-state index contributed by atoms with van der Waals surface area (Å²) in [5.74, 6) is 0.209. The van der Waals surface area contributed by atoms with Crippen LogP contribution in [0.3, 0.4) is 0 Å². The summed E-state index contributed by atoms with van der Waals surface area (Å²) in [6.07, 6.45) is 3.56. The molecule has 0 unspecified atom stereocenters. The Hall–Kier alpha value is -2.60. The molecule has 0 fully saturated rings. The second kappa shape index (κ2) is 6.03. The zero-order chi connectivity index (χ0) is 15.5. The average Bonchev–Trinajstić information content (AvgIpc) is 2.96. The van der Waals surface area contributed by atoms with Crippen LogP contribution >= 0.6 is 0 Å². The molecule has 1 heterocycles. The first kappa shape index (κ1) is 14.3. The van der Waals surface area contributed by atoms with Crippen LogP contribution in [0.15, 0.2) is 42.5 Å². The number of ketones is 1. The second-order valence-electron chi connectivity index (χ2n) is 5.81. The fraction of sp³-hybridized carbons (Fsp3) is 0.263. The minimum Gasteiger partial charge on any atom is -0.302 e. The first-order valence-electron chi connectivity index (χ1n) is 7.51. The van der Waals surface area contributed by atoms with E-state index in [1.54, 1.807) is 11.8 Å². The molecule has 0 N–H and O–H groups in total. The number of carbonyl (C=O) groups excluding carboxylic acids is 1. The van der Waals surface area contributed by atoms with Gasteiger partial charge in [0.1, 0.15) is 5.78 Å². The maximum atomic E-state index is 11.3. The SMILES string of the molecule is CC(=O)CCc1cc2c(c(-c3ccccc3)c1)CN(C#N)C2. The van der Waals surface area contributed by atoms with Crippen LogP contribution in [0.5, 0.6) is 0 Å². The van der Waals surface area contributed by atoms with E-state index in [0.29, 0.717) is 19.5 Å². The van der Waals surface area contributed by atoms with Crippen LogP contribution in [0, 0.1) is 11.5 Å². The summed E-state index contributed by atoms with van der Waals surface area (Å²) in [5, 5.41) is 9.18. The van der Waals surface area contributed by atoms with Crippen molar-refractivity contribution in [2.45, 2.75) is 32.9 Å². The third kappa shape index (κ3) is 2.87. The average molecular weight is 290 g/mol. The summed E-state index contributed by atoms with van der Waals surface area (Å²) in [4.78, 5) is 13.0. The Balaban J connectivity index is 2.04. The van der Waals surface area contributed by atoms with Crippen molar-refractivity contribution < 1.29 is 4.79 Å². The highest BCUT2D eigenvalue weighted by atomic mass is 16.1. The van der Waals surface area contributed by atoms with Crippen molar-refractivity contribution in [1.82, 2.24) is 4.90 Å². The smallest absolute Gasteiger partial charge is 0.179 e. The monoisotopic (exact) mass is 290 g/mol. The molecule has 3 heteroatoms. The van der Waals surface area contributed by atoms with Crippen molar-refractivity contribution in [3.63, 3.8) is 0 Å². The molecule has 2 aromatic rings. The van der Waals surface area contributed by atoms with E-state index in [-0.39, 0.29) is 5.78 Å². The molecule has 0 aromatic heterocycles. The van der Waals surface area contributed by atoms with Gasteiger partial charge in [0.05, 0.1) is 13.1 Å². The van der Waals surface area contributed by atoms with Gasteiger partial charge in [-0.3, -0.25) is 0 Å². The molecule has 1 aliphatic rings. The highest BCUT2D eigenvalue weighted by Crippen LogP contribution is 2.34. The molecule has 0 saturated carbocycles. The molecular formula is C19H18N2O. The van der Waals surface area contributed by atoms with Crippen LogP contribution in [-0.2, 0) is 24.3 Å². The van der Waals surface area contributed by atoms with Gasteiger partial charge in [0.25, 0.3) is 0 Å². The normalized spacial score (nSPS) is 12.8. The van der Waals surface area contributed by atoms with Crippen LogP contribution in [-0.4, -0.2) is 10.7 Å². The molecule has 0 saturated heterocycles. The maximum Gasteiger partial charge on any atom is 0.179 e. The number of carbonyl (C=O) groups is 1. The Labute approximate surface area is 130 Å². The van der Waals surface area contributed by atoms with Gasteiger partial charge in [-0.05, 0) is 41.2 Å². The first-order valence-corrected chi connectivity index (χ1v) is 7.51. The second-order valence-corrected chi connectivity index (χ2v) is 5.81. The number of fused-ring (bicyclic) bond motifs is 1. The standard InChI is InChI=1S/C19H18N2O/c1-14(22)7-8-15-9-17-11-21(13-20)12-19(17)18(10-15)16-5-3-2-4-6-16/h2-6,9-10H,7-8,11-12H2,1H3. The molecule has 3 nitrogen and oxygen atoms in total. The summed E-state index contributed by atoms with van der Waals surface area (Å²) in [6, 6.07) is 14.6. The van der Waals surface area contributed by atoms with Crippen molar-refractivity contribution >= 4 is 5.78 Å². The van der Waals surface area contributed by atoms with E-state index in [1.807, 2.05) is 18.2 Å². The van der Waals surface area contributed by atoms with E-state index < -0.39 is 0 Å². The molecule has 0 aliphatic carbocycles. The summed E-state index contributed by atoms with van der Waals surface area (Å²) < 4.78 is 0. The fourth-order valence-corrected chi connectivity index (χ4v) is 2.99. The Morgan fingerprint density at radius 3 is 2.68 bits per heavy atom. The third-order valence-electron chi connectivity index (χ3n) is 4.10. The lowest BCUT2D eigenvalue weighted by Gasteiger charge is -2.11. The number of Topliss-reactive ketones (excluding diaryl/α,β-unsaturated/α-hetero) is 1. The summed E-state index contributed by atoms with van der Waals surface area (Å²) in [5.41, 5.74) is 5.98. The Kier molecular flexibility index (Phi) is 3.93. The molecule has 2 aromatic carbocycles. The number of rotatable bonds is 4. The van der Waals surface area contributed by atoms with Crippen molar-refractivity contribution in [3.8, 4) is 17.3 Å². The van der Waals surface area contributed by atoms with Gasteiger partial charge in [-0.25, -0.2) is 0 Å². The quantitative estimate of drug-likeness (QED) is 0.807. The topological polar surface area (TPSA) is 44.1 Å². The van der Waals surface area contributed by atoms with Gasteiger partial charge >= 0.3 is 0 Å². The highest BCUT2D eigenvalue weighted by Gasteiger charge is 2.22. The molecule has 110 valence electrons. The molecule has 0 amide bonds. The molecule has 0 atom stereocenters. The summed E-state index contributed by atoms with van der Waals surface area (Å²) in [7, 11) is 0. The van der Waals surface area contributed by atoms with E-state index in [2.05, 4.69) is 30.5 Å². The predicted molar refractivity (Wildman–Crippen MR) is 85.7 cm³/mol. The predicted octanol–water partition coefficient (Wildman–Crippen LogP) is 3.67. The van der Waals surface area contributed by atoms with Crippen LogP contribution in [0.2, 0.25) is 0 Å². The van der Waals surface area contributed by atoms with E-state index in [4.69, 9.17) is 0 Å². The number of benzene rings is 2. The van der Waals surface area contributed by atoms with Gasteiger partial charge in [0.2, 0.25) is 0 Å². The zero-order valence-corrected chi connectivity index (χ0v) is 12.7. The number of hydrogen-bond donors (Lipinski definition) is 0. The summed E-state index contributed by atoms with van der Waals surface area (Å²) >= 11 is 0. The van der Waals surface area contributed by atoms with Gasteiger partial charge in [-0.2, -0.15) is 5.26 Å². The Morgan fingerprint density at radius 1 is 1.23 bits per heavy atom. The molecule has 1 aliphatic heterocycles. The van der Waals surface area contributed by atoms with E-state index in [0.717, 1.165) is 6.42 Å². The molecule has 22 heavy (non-hydrogen) atoms. The maximum absolute atomic E-state index is 11.3. The van der Waals surface area contributed by atoms with Gasteiger partial charge in [0.15, 0.2) is 6.19 Å². The highest BCUT2D eigenvalue weighted by molar-refractivity contribution is 5.76. The van der Waals surface area contributed by atoms with E-state index >= 15 is 0 Å². The van der Waals surface area contributed by atoms with Crippen LogP contribution < -0.4 is 0 Å². The number of nitriles is 1. The van der Waals surface area contributed by atoms with E-state index in [1.165, 1.54) is 27.8 Å².